The van der Waals surface area contributed by atoms with Gasteiger partial charge in [-0.25, -0.2) is 0 Å². The first kappa shape index (κ1) is 51.1. The van der Waals surface area contributed by atoms with Crippen molar-refractivity contribution in [1.82, 2.24) is 28.7 Å². The maximum absolute atomic E-state index is 5.70. The van der Waals surface area contributed by atoms with E-state index in [2.05, 4.69) is 310 Å². The van der Waals surface area contributed by atoms with Crippen LogP contribution in [0.3, 0.4) is 0 Å². The van der Waals surface area contributed by atoms with Crippen LogP contribution in [0.2, 0.25) is 0 Å². The van der Waals surface area contributed by atoms with Gasteiger partial charge in [-0.1, -0.05) is 224 Å². The zero-order chi connectivity index (χ0) is 60.1. The number of para-hydroxylation sites is 3. The molecule has 0 N–H and O–H groups in total. The van der Waals surface area contributed by atoms with E-state index in [0.717, 1.165) is 82.1 Å². The minimum atomic E-state index is -0.0729. The van der Waals surface area contributed by atoms with Crippen LogP contribution >= 0.6 is 0 Å². The van der Waals surface area contributed by atoms with Gasteiger partial charge in [0.15, 0.2) is 0 Å². The second-order valence-electron chi connectivity index (χ2n) is 26.8. The SMILES string of the molecule is CC1(C)c2ccccc2-c2cc(-c3ccc4c(c3)c3ccccc3n4-c3nc(-n4c5ccccc5c5cc(-c6ccc7c(c6)-c6ccccc6C7(C)C)ccc54)nc(-n4c5ccccc5c5cc(-c6ccc7c(c6)-c6ccccc6C7(C)C)ccc54)n3)ccc21. The molecular weight excluding hydrogens is 1090 g/mol. The second-order valence-corrected chi connectivity index (χ2v) is 26.8. The predicted molar refractivity (Wildman–Crippen MR) is 372 cm³/mol. The molecule has 12 aromatic carbocycles. The lowest BCUT2D eigenvalue weighted by Crippen LogP contribution is -2.14. The molecule has 4 heterocycles. The van der Waals surface area contributed by atoms with Gasteiger partial charge in [-0.05, 0) is 173 Å². The Morgan fingerprint density at radius 3 is 0.756 bits per heavy atom. The Hall–Kier alpha value is -11.0. The maximum Gasteiger partial charge on any atom is 0.241 e. The molecular formula is C84H60N6. The molecule has 6 heteroatoms. The topological polar surface area (TPSA) is 53.5 Å². The van der Waals surface area contributed by atoms with E-state index >= 15 is 0 Å². The Balaban J connectivity index is 0.823. The van der Waals surface area contributed by atoms with Crippen molar-refractivity contribution in [3.05, 3.63) is 288 Å². The highest BCUT2D eigenvalue weighted by atomic mass is 15.3. The fourth-order valence-electron chi connectivity index (χ4n) is 16.4. The summed E-state index contributed by atoms with van der Waals surface area (Å²) < 4.78 is 6.76. The molecule has 0 atom stereocenters. The van der Waals surface area contributed by atoms with Crippen LogP contribution in [0.1, 0.15) is 74.9 Å². The Morgan fingerprint density at radius 2 is 0.444 bits per heavy atom. The van der Waals surface area contributed by atoms with E-state index in [9.17, 15) is 0 Å². The van der Waals surface area contributed by atoms with Crippen molar-refractivity contribution < 1.29 is 0 Å². The van der Waals surface area contributed by atoms with Crippen molar-refractivity contribution in [2.75, 3.05) is 0 Å². The summed E-state index contributed by atoms with van der Waals surface area (Å²) in [5, 5.41) is 6.74. The van der Waals surface area contributed by atoms with Crippen LogP contribution in [0.4, 0.5) is 0 Å². The second kappa shape index (κ2) is 18.1. The molecule has 426 valence electrons. The minimum Gasteiger partial charge on any atom is -0.278 e. The molecule has 0 saturated carbocycles. The average Bonchev–Trinajstić information content (AvgIpc) is 1.63. The fraction of sp³-hybridized carbons (Fsp3) is 0.107. The molecule has 16 aromatic rings. The van der Waals surface area contributed by atoms with Crippen molar-refractivity contribution in [3.63, 3.8) is 0 Å². The van der Waals surface area contributed by atoms with Crippen molar-refractivity contribution in [2.24, 2.45) is 0 Å². The van der Waals surface area contributed by atoms with Gasteiger partial charge in [0.1, 0.15) is 0 Å². The summed E-state index contributed by atoms with van der Waals surface area (Å²) in [6, 6.07) is 94.6. The van der Waals surface area contributed by atoms with Crippen molar-refractivity contribution in [1.29, 1.82) is 0 Å². The number of rotatable bonds is 6. The van der Waals surface area contributed by atoms with Crippen LogP contribution in [0, 0.1) is 0 Å². The van der Waals surface area contributed by atoms with Gasteiger partial charge in [-0.2, -0.15) is 15.0 Å². The molecule has 0 aliphatic heterocycles. The maximum atomic E-state index is 5.70. The number of nitrogens with zero attached hydrogens (tertiary/aromatic N) is 6. The summed E-state index contributed by atoms with van der Waals surface area (Å²) in [4.78, 5) is 17.1. The molecule has 3 aliphatic rings. The van der Waals surface area contributed by atoms with E-state index in [1.165, 1.54) is 83.5 Å². The molecule has 0 unspecified atom stereocenters. The van der Waals surface area contributed by atoms with Crippen molar-refractivity contribution >= 4 is 65.4 Å². The Kier molecular flexibility index (Phi) is 10.3. The van der Waals surface area contributed by atoms with Crippen LogP contribution < -0.4 is 0 Å². The van der Waals surface area contributed by atoms with Crippen LogP contribution in [-0.4, -0.2) is 28.7 Å². The summed E-state index contributed by atoms with van der Waals surface area (Å²) in [5.74, 6) is 1.58. The highest BCUT2D eigenvalue weighted by Gasteiger charge is 2.38. The third-order valence-electron chi connectivity index (χ3n) is 21.0. The first-order chi connectivity index (χ1) is 43.9. The fourth-order valence-corrected chi connectivity index (χ4v) is 16.4. The first-order valence-electron chi connectivity index (χ1n) is 31.5. The summed E-state index contributed by atoms with van der Waals surface area (Å²) >= 11 is 0. The summed E-state index contributed by atoms with van der Waals surface area (Å²) in [6.07, 6.45) is 0. The van der Waals surface area contributed by atoms with E-state index in [0.29, 0.717) is 17.8 Å². The van der Waals surface area contributed by atoms with Gasteiger partial charge in [0.25, 0.3) is 0 Å². The number of benzene rings is 12. The monoisotopic (exact) mass is 1150 g/mol. The molecule has 0 fully saturated rings. The van der Waals surface area contributed by atoms with Crippen LogP contribution in [0.5, 0.6) is 0 Å². The van der Waals surface area contributed by atoms with E-state index in [-0.39, 0.29) is 16.2 Å². The molecule has 3 aliphatic carbocycles. The first-order valence-corrected chi connectivity index (χ1v) is 31.5. The van der Waals surface area contributed by atoms with Gasteiger partial charge >= 0.3 is 0 Å². The minimum absolute atomic E-state index is 0.0729. The molecule has 0 amide bonds. The molecule has 0 saturated heterocycles. The predicted octanol–water partition coefficient (Wildman–Crippen LogP) is 21.1. The molecule has 0 bridgehead atoms. The van der Waals surface area contributed by atoms with Crippen LogP contribution in [0.25, 0.3) is 150 Å². The molecule has 4 aromatic heterocycles. The molecule has 0 spiro atoms. The highest BCUT2D eigenvalue weighted by Crippen LogP contribution is 2.53. The quantitative estimate of drug-likeness (QED) is 0.167. The number of hydrogen-bond acceptors (Lipinski definition) is 3. The van der Waals surface area contributed by atoms with Gasteiger partial charge in [0.05, 0.1) is 33.1 Å². The van der Waals surface area contributed by atoms with Crippen LogP contribution in [0.15, 0.2) is 255 Å². The summed E-state index contributed by atoms with van der Waals surface area (Å²) in [6.45, 7) is 14.1. The van der Waals surface area contributed by atoms with Gasteiger partial charge in [-0.15, -0.1) is 0 Å². The normalized spacial score (nSPS) is 14.6. The smallest absolute Gasteiger partial charge is 0.241 e. The van der Waals surface area contributed by atoms with Gasteiger partial charge in [-0.3, -0.25) is 13.7 Å². The summed E-state index contributed by atoms with van der Waals surface area (Å²) in [7, 11) is 0. The lowest BCUT2D eigenvalue weighted by Gasteiger charge is -2.21. The zero-order valence-corrected chi connectivity index (χ0v) is 50.9. The van der Waals surface area contributed by atoms with E-state index in [1.807, 2.05) is 0 Å². The number of hydrogen-bond donors (Lipinski definition) is 0. The lowest BCUT2D eigenvalue weighted by molar-refractivity contribution is 0.660. The largest absolute Gasteiger partial charge is 0.278 e. The van der Waals surface area contributed by atoms with Crippen molar-refractivity contribution in [3.8, 4) is 84.6 Å². The Labute approximate surface area is 521 Å². The molecule has 6 nitrogen and oxygen atoms in total. The zero-order valence-electron chi connectivity index (χ0n) is 50.9. The lowest BCUT2D eigenvalue weighted by atomic mass is 9.82. The highest BCUT2D eigenvalue weighted by molar-refractivity contribution is 6.13. The third-order valence-corrected chi connectivity index (χ3v) is 21.0. The van der Waals surface area contributed by atoms with E-state index in [1.54, 1.807) is 0 Å². The Morgan fingerprint density at radius 1 is 0.211 bits per heavy atom. The van der Waals surface area contributed by atoms with Crippen LogP contribution in [-0.2, 0) is 16.2 Å². The van der Waals surface area contributed by atoms with E-state index in [4.69, 9.17) is 15.0 Å². The Bertz CT molecular complexity index is 5260. The molecule has 0 radical (unpaired) electrons. The number of fused-ring (bicyclic) bond motifs is 18. The van der Waals surface area contributed by atoms with Crippen molar-refractivity contribution in [2.45, 2.75) is 57.8 Å². The van der Waals surface area contributed by atoms with Gasteiger partial charge < -0.3 is 0 Å². The molecule has 19 rings (SSSR count). The summed E-state index contributed by atoms with van der Waals surface area (Å²) in [5.41, 5.74) is 28.9. The number of aromatic nitrogens is 6. The third kappa shape index (κ3) is 6.96. The molecule has 90 heavy (non-hydrogen) atoms. The van der Waals surface area contributed by atoms with Gasteiger partial charge in [0, 0.05) is 48.6 Å². The standard InChI is InChI=1S/C84H60N6/c1-82(2)67-25-13-7-19-55(67)61-43-49(31-37-70(61)82)52-34-40-76-64(46-52)58-22-10-16-28-73(58)88(76)79-85-80(89-74-29-17-11-23-59(74)65-47-53(35-41-77(65)89)50-32-38-71-62(44-50)56-20-8-14-26-68(56)83(71,3)4)87-81(86-79)90-75-30-18-12-24-60(75)66-48-54(36-42-78(66)90)51-33-39-72-63(45-51)57-21-9-15-27-69(57)84(72,5)6/h7-48H,1-6H3. The average molecular weight is 1150 g/mol. The van der Waals surface area contributed by atoms with Gasteiger partial charge in [0.2, 0.25) is 17.8 Å². The van der Waals surface area contributed by atoms with E-state index < -0.39 is 0 Å².